The fourth-order valence-electron chi connectivity index (χ4n) is 2.41. The molecular weight excluding hydrogens is 252 g/mol. The Kier molecular flexibility index (Phi) is 2.47. The molecular formula is C13H13F2N3O. The number of halogens is 2. The normalized spacial score (nSPS) is 22.5. The number of epoxide rings is 1. The standard InChI is InChI=1S/C13H13F2N3O/c1-12(2,18-8-16-7-17-18)13(6-19-13)10-4-3-9(14)5-11(10)15/h3-5,7-8H,6H2,1-2H3. The summed E-state index contributed by atoms with van der Waals surface area (Å²) in [6, 6.07) is 3.53. The maximum absolute atomic E-state index is 14.0. The lowest BCUT2D eigenvalue weighted by Gasteiger charge is -2.32. The molecule has 3 rings (SSSR count). The third-order valence-corrected chi connectivity index (χ3v) is 3.78. The van der Waals surface area contributed by atoms with Crippen LogP contribution in [-0.4, -0.2) is 21.4 Å². The van der Waals surface area contributed by atoms with E-state index >= 15 is 0 Å². The van der Waals surface area contributed by atoms with Gasteiger partial charge < -0.3 is 4.74 Å². The van der Waals surface area contributed by atoms with Crippen molar-refractivity contribution in [3.05, 3.63) is 48.1 Å². The summed E-state index contributed by atoms with van der Waals surface area (Å²) >= 11 is 0. The highest BCUT2D eigenvalue weighted by molar-refractivity contribution is 5.32. The molecule has 2 heterocycles. The lowest BCUT2D eigenvalue weighted by Crippen LogP contribution is -2.42. The first kappa shape index (κ1) is 12.2. The molecule has 1 atom stereocenters. The first-order chi connectivity index (χ1) is 8.97. The summed E-state index contributed by atoms with van der Waals surface area (Å²) < 4.78 is 34.2. The number of hydrogen-bond donors (Lipinski definition) is 0. The molecule has 0 saturated carbocycles. The third kappa shape index (κ3) is 1.67. The van der Waals surface area contributed by atoms with Crippen molar-refractivity contribution in [1.29, 1.82) is 0 Å². The van der Waals surface area contributed by atoms with Gasteiger partial charge in [-0.3, -0.25) is 0 Å². The third-order valence-electron chi connectivity index (χ3n) is 3.78. The van der Waals surface area contributed by atoms with Gasteiger partial charge in [0.05, 0.1) is 12.1 Å². The average molecular weight is 265 g/mol. The molecule has 1 aromatic carbocycles. The summed E-state index contributed by atoms with van der Waals surface area (Å²) in [5.41, 5.74) is -1.12. The Hall–Kier alpha value is -1.82. The van der Waals surface area contributed by atoms with Gasteiger partial charge in [-0.25, -0.2) is 18.4 Å². The Bertz CT molecular complexity index is 606. The van der Waals surface area contributed by atoms with Crippen molar-refractivity contribution >= 4 is 0 Å². The zero-order valence-electron chi connectivity index (χ0n) is 10.6. The number of benzene rings is 1. The molecule has 19 heavy (non-hydrogen) atoms. The zero-order chi connectivity index (χ0) is 13.7. The Labute approximate surface area is 109 Å². The van der Waals surface area contributed by atoms with Crippen molar-refractivity contribution in [2.45, 2.75) is 25.0 Å². The fraction of sp³-hybridized carbons (Fsp3) is 0.385. The van der Waals surface area contributed by atoms with Crippen molar-refractivity contribution in [3.63, 3.8) is 0 Å². The molecule has 1 aromatic heterocycles. The van der Waals surface area contributed by atoms with E-state index in [0.29, 0.717) is 12.2 Å². The first-order valence-corrected chi connectivity index (χ1v) is 5.92. The highest BCUT2D eigenvalue weighted by atomic mass is 19.1. The summed E-state index contributed by atoms with van der Waals surface area (Å²) in [5.74, 6) is -1.21. The predicted octanol–water partition coefficient (Wildman–Crippen LogP) is 2.22. The SMILES string of the molecule is CC(C)(n1cncn1)C1(c2ccc(F)cc2F)CO1. The van der Waals surface area contributed by atoms with Crippen LogP contribution in [0.5, 0.6) is 0 Å². The second-order valence-electron chi connectivity index (χ2n) is 5.14. The first-order valence-electron chi connectivity index (χ1n) is 5.92. The van der Waals surface area contributed by atoms with E-state index in [4.69, 9.17) is 4.74 Å². The molecule has 4 nitrogen and oxygen atoms in total. The van der Waals surface area contributed by atoms with Crippen molar-refractivity contribution < 1.29 is 13.5 Å². The molecule has 0 spiro atoms. The van der Waals surface area contributed by atoms with Crippen molar-refractivity contribution in [3.8, 4) is 0 Å². The Morgan fingerprint density at radius 1 is 1.37 bits per heavy atom. The van der Waals surface area contributed by atoms with Crippen LogP contribution in [0, 0.1) is 11.6 Å². The van der Waals surface area contributed by atoms with Crippen LogP contribution in [0.3, 0.4) is 0 Å². The second-order valence-corrected chi connectivity index (χ2v) is 5.14. The van der Waals surface area contributed by atoms with Crippen LogP contribution in [-0.2, 0) is 15.9 Å². The minimum Gasteiger partial charge on any atom is -0.362 e. The highest BCUT2D eigenvalue weighted by Crippen LogP contribution is 2.51. The van der Waals surface area contributed by atoms with Crippen LogP contribution >= 0.6 is 0 Å². The van der Waals surface area contributed by atoms with E-state index in [1.807, 2.05) is 13.8 Å². The fourth-order valence-corrected chi connectivity index (χ4v) is 2.41. The molecule has 1 saturated heterocycles. The molecule has 1 fully saturated rings. The van der Waals surface area contributed by atoms with Crippen molar-refractivity contribution in [1.82, 2.24) is 14.8 Å². The van der Waals surface area contributed by atoms with E-state index in [9.17, 15) is 8.78 Å². The Balaban J connectivity index is 2.08. The zero-order valence-corrected chi connectivity index (χ0v) is 10.6. The summed E-state index contributed by atoms with van der Waals surface area (Å²) in [4.78, 5) is 3.90. The van der Waals surface area contributed by atoms with E-state index in [1.54, 1.807) is 11.0 Å². The summed E-state index contributed by atoms with van der Waals surface area (Å²) in [5, 5.41) is 4.10. The predicted molar refractivity (Wildman–Crippen MR) is 63.3 cm³/mol. The number of aromatic nitrogens is 3. The summed E-state index contributed by atoms with van der Waals surface area (Å²) in [7, 11) is 0. The monoisotopic (exact) mass is 265 g/mol. The summed E-state index contributed by atoms with van der Waals surface area (Å²) in [6.07, 6.45) is 2.98. The number of rotatable bonds is 3. The van der Waals surface area contributed by atoms with E-state index < -0.39 is 22.8 Å². The van der Waals surface area contributed by atoms with Crippen LogP contribution in [0.15, 0.2) is 30.9 Å². The minimum atomic E-state index is -0.835. The number of hydrogen-bond acceptors (Lipinski definition) is 3. The van der Waals surface area contributed by atoms with E-state index in [0.717, 1.165) is 6.07 Å². The molecule has 1 aliphatic rings. The molecule has 1 aliphatic heterocycles. The maximum atomic E-state index is 14.0. The van der Waals surface area contributed by atoms with E-state index in [2.05, 4.69) is 10.1 Å². The van der Waals surface area contributed by atoms with E-state index in [1.165, 1.54) is 18.5 Å². The van der Waals surface area contributed by atoms with Gasteiger partial charge in [0, 0.05) is 11.6 Å². The van der Waals surface area contributed by atoms with Gasteiger partial charge >= 0.3 is 0 Å². The molecule has 0 N–H and O–H groups in total. The van der Waals surface area contributed by atoms with E-state index in [-0.39, 0.29) is 0 Å². The van der Waals surface area contributed by atoms with Crippen LogP contribution < -0.4 is 0 Å². The van der Waals surface area contributed by atoms with Crippen LogP contribution in [0.2, 0.25) is 0 Å². The van der Waals surface area contributed by atoms with Gasteiger partial charge in [-0.2, -0.15) is 5.10 Å². The average Bonchev–Trinajstić information content (AvgIpc) is 2.97. The van der Waals surface area contributed by atoms with Gasteiger partial charge in [-0.1, -0.05) is 6.07 Å². The van der Waals surface area contributed by atoms with Crippen LogP contribution in [0.25, 0.3) is 0 Å². The molecule has 0 bridgehead atoms. The molecule has 100 valence electrons. The maximum Gasteiger partial charge on any atom is 0.144 e. The molecule has 0 radical (unpaired) electrons. The molecule has 0 amide bonds. The van der Waals surface area contributed by atoms with Crippen LogP contribution in [0.4, 0.5) is 8.78 Å². The summed E-state index contributed by atoms with van der Waals surface area (Å²) in [6.45, 7) is 4.14. The van der Waals surface area contributed by atoms with Gasteiger partial charge in [0.1, 0.15) is 29.9 Å². The lowest BCUT2D eigenvalue weighted by molar-refractivity contribution is 0.125. The van der Waals surface area contributed by atoms with Gasteiger partial charge in [0.25, 0.3) is 0 Å². The largest absolute Gasteiger partial charge is 0.362 e. The smallest absolute Gasteiger partial charge is 0.144 e. The Morgan fingerprint density at radius 3 is 2.63 bits per heavy atom. The van der Waals surface area contributed by atoms with Crippen molar-refractivity contribution in [2.24, 2.45) is 0 Å². The lowest BCUT2D eigenvalue weighted by atomic mass is 9.82. The van der Waals surface area contributed by atoms with Crippen LogP contribution in [0.1, 0.15) is 19.4 Å². The van der Waals surface area contributed by atoms with Gasteiger partial charge in [0.15, 0.2) is 0 Å². The number of nitrogens with zero attached hydrogens (tertiary/aromatic N) is 3. The molecule has 6 heteroatoms. The number of ether oxygens (including phenoxy) is 1. The minimum absolute atomic E-state index is 0.342. The van der Waals surface area contributed by atoms with Crippen molar-refractivity contribution in [2.75, 3.05) is 6.61 Å². The molecule has 0 aliphatic carbocycles. The van der Waals surface area contributed by atoms with Gasteiger partial charge in [-0.05, 0) is 19.9 Å². The quantitative estimate of drug-likeness (QED) is 0.799. The van der Waals surface area contributed by atoms with Gasteiger partial charge in [0.2, 0.25) is 0 Å². The Morgan fingerprint density at radius 2 is 2.11 bits per heavy atom. The van der Waals surface area contributed by atoms with Gasteiger partial charge in [-0.15, -0.1) is 0 Å². The molecule has 1 unspecified atom stereocenters. The molecule has 2 aromatic rings. The second kappa shape index (κ2) is 3.84. The highest BCUT2D eigenvalue weighted by Gasteiger charge is 2.60. The topological polar surface area (TPSA) is 43.2 Å².